The lowest BCUT2D eigenvalue weighted by Gasteiger charge is -2.27. The zero-order chi connectivity index (χ0) is 22.7. The second-order valence-corrected chi connectivity index (χ2v) is 8.98. The molecule has 3 heterocycles. The summed E-state index contributed by atoms with van der Waals surface area (Å²) in [5.41, 5.74) is 0.455. The zero-order valence-corrected chi connectivity index (χ0v) is 18.6. The average molecular weight is 444 g/mol. The third-order valence-electron chi connectivity index (χ3n) is 5.31. The van der Waals surface area contributed by atoms with Crippen molar-refractivity contribution in [1.29, 1.82) is 0 Å². The van der Waals surface area contributed by atoms with Crippen molar-refractivity contribution < 1.29 is 23.6 Å². The van der Waals surface area contributed by atoms with Gasteiger partial charge in [0.15, 0.2) is 0 Å². The summed E-state index contributed by atoms with van der Waals surface area (Å²) >= 11 is 0. The van der Waals surface area contributed by atoms with Crippen molar-refractivity contribution in [2.24, 2.45) is 0 Å². The number of hydroxylamine groups is 2. The van der Waals surface area contributed by atoms with Gasteiger partial charge < -0.3 is 19.4 Å². The quantitative estimate of drug-likeness (QED) is 0.700. The van der Waals surface area contributed by atoms with E-state index in [4.69, 9.17) is 14.0 Å². The number of nitrogens with zero attached hydrogens (tertiary/aromatic N) is 4. The number of hydrogen-bond donors (Lipinski definition) is 1. The minimum absolute atomic E-state index is 0.0166. The molecule has 1 aromatic carbocycles. The number of hydrogen-bond acceptors (Lipinski definition) is 7. The number of aromatic nitrogens is 2. The summed E-state index contributed by atoms with van der Waals surface area (Å²) in [5, 5.41) is 12.4. The second-order valence-electron chi connectivity index (χ2n) is 8.98. The Balaban J connectivity index is 1.30. The number of alkyl carbamates (subject to hydrolysis) is 1. The van der Waals surface area contributed by atoms with Gasteiger partial charge in [-0.3, -0.25) is 4.84 Å². The average Bonchev–Trinajstić information content (AvgIpc) is 3.30. The van der Waals surface area contributed by atoms with Crippen molar-refractivity contribution in [1.82, 2.24) is 25.5 Å². The molecule has 10 nitrogen and oxygen atoms in total. The number of ether oxygens (including phenoxy) is 1. The van der Waals surface area contributed by atoms with E-state index in [2.05, 4.69) is 15.5 Å². The van der Waals surface area contributed by atoms with Crippen LogP contribution in [0.3, 0.4) is 0 Å². The second kappa shape index (κ2) is 9.15. The molecule has 0 saturated carbocycles. The minimum atomic E-state index is -0.554. The van der Waals surface area contributed by atoms with Crippen LogP contribution < -0.4 is 5.32 Å². The number of carbonyl (C=O) groups excluding carboxylic acids is 2. The van der Waals surface area contributed by atoms with Crippen molar-refractivity contribution in [3.63, 3.8) is 0 Å². The Morgan fingerprint density at radius 3 is 2.75 bits per heavy atom. The van der Waals surface area contributed by atoms with Crippen LogP contribution in [0.2, 0.25) is 0 Å². The van der Waals surface area contributed by atoms with Crippen LogP contribution in [0.25, 0.3) is 0 Å². The number of fused-ring (bicyclic) bond motifs is 2. The maximum absolute atomic E-state index is 12.9. The molecule has 2 bridgehead atoms. The smallest absolute Gasteiger partial charge is 0.407 e. The third-order valence-corrected chi connectivity index (χ3v) is 5.31. The molecule has 0 spiro atoms. The normalized spacial score (nSPS) is 20.5. The van der Waals surface area contributed by atoms with Crippen LogP contribution in [-0.2, 0) is 22.6 Å². The number of amides is 3. The van der Waals surface area contributed by atoms with Crippen LogP contribution in [0.4, 0.5) is 9.59 Å². The fourth-order valence-electron chi connectivity index (χ4n) is 3.86. The van der Waals surface area contributed by atoms with Crippen LogP contribution in [-0.4, -0.2) is 57.0 Å². The predicted molar refractivity (Wildman–Crippen MR) is 113 cm³/mol. The highest BCUT2D eigenvalue weighted by atomic mass is 16.7. The molecule has 2 fully saturated rings. The summed E-state index contributed by atoms with van der Waals surface area (Å²) in [5.74, 6) is 0.816. The Kier molecular flexibility index (Phi) is 6.31. The maximum atomic E-state index is 12.9. The van der Waals surface area contributed by atoms with Gasteiger partial charge in [0.1, 0.15) is 18.2 Å². The van der Waals surface area contributed by atoms with E-state index in [1.54, 1.807) is 25.7 Å². The van der Waals surface area contributed by atoms with Crippen molar-refractivity contribution in [3.05, 3.63) is 47.7 Å². The highest BCUT2D eigenvalue weighted by molar-refractivity contribution is 5.77. The van der Waals surface area contributed by atoms with Gasteiger partial charge in [0, 0.05) is 19.5 Å². The van der Waals surface area contributed by atoms with Crippen LogP contribution in [0.5, 0.6) is 0 Å². The number of urea groups is 1. The number of rotatable bonds is 7. The molecule has 0 aliphatic carbocycles. The maximum Gasteiger partial charge on any atom is 0.407 e. The van der Waals surface area contributed by atoms with Crippen LogP contribution >= 0.6 is 0 Å². The molecule has 2 saturated heterocycles. The molecule has 172 valence electrons. The monoisotopic (exact) mass is 443 g/mol. The molecule has 2 aliphatic heterocycles. The zero-order valence-electron chi connectivity index (χ0n) is 18.6. The molecule has 2 unspecified atom stereocenters. The summed E-state index contributed by atoms with van der Waals surface area (Å²) in [4.78, 5) is 32.2. The van der Waals surface area contributed by atoms with Gasteiger partial charge >= 0.3 is 12.1 Å². The molecule has 0 radical (unpaired) electrons. The fraction of sp³-hybridized carbons (Fsp3) is 0.545. The van der Waals surface area contributed by atoms with Crippen LogP contribution in [0.15, 0.2) is 34.7 Å². The standard InChI is InChI=1S/C22H29N5O5/c1-22(2,3)32-20(28)23-12-11-18-24-25-19(31-18)17-10-9-16-13-26(17)21(29)27(16)30-14-15-7-5-4-6-8-15/h4-8,16-17H,9-14H2,1-3H3,(H,23,28). The molecule has 32 heavy (non-hydrogen) atoms. The van der Waals surface area contributed by atoms with E-state index < -0.39 is 11.7 Å². The minimum Gasteiger partial charge on any atom is -0.444 e. The Bertz CT molecular complexity index is 942. The molecule has 2 aromatic rings. The first-order valence-electron chi connectivity index (χ1n) is 10.9. The lowest BCUT2D eigenvalue weighted by molar-refractivity contribution is -0.140. The first-order chi connectivity index (χ1) is 15.3. The Labute approximate surface area is 186 Å². The lowest BCUT2D eigenvalue weighted by Crippen LogP contribution is -2.34. The molecular formula is C22H29N5O5. The van der Waals surface area contributed by atoms with E-state index in [0.29, 0.717) is 37.9 Å². The molecule has 4 rings (SSSR count). The van der Waals surface area contributed by atoms with Crippen LogP contribution in [0.1, 0.15) is 57.0 Å². The van der Waals surface area contributed by atoms with Gasteiger partial charge in [0.2, 0.25) is 11.8 Å². The van der Waals surface area contributed by atoms with Gasteiger partial charge in [-0.05, 0) is 39.2 Å². The number of nitrogens with one attached hydrogen (secondary N) is 1. The highest BCUT2D eigenvalue weighted by Crippen LogP contribution is 2.38. The molecule has 1 N–H and O–H groups in total. The van der Waals surface area contributed by atoms with E-state index in [0.717, 1.165) is 18.4 Å². The Hall–Kier alpha value is -3.14. The van der Waals surface area contributed by atoms with Gasteiger partial charge in [-0.2, -0.15) is 5.06 Å². The van der Waals surface area contributed by atoms with Crippen molar-refractivity contribution in [2.75, 3.05) is 13.1 Å². The molecule has 2 aliphatic rings. The molecule has 2 atom stereocenters. The lowest BCUT2D eigenvalue weighted by atomic mass is 10.0. The SMILES string of the molecule is CC(C)(C)OC(=O)NCCc1nnc(C2CCC3CN2C(=O)N3OCc2ccccc2)o1. The van der Waals surface area contributed by atoms with Gasteiger partial charge in [-0.25, -0.2) is 9.59 Å². The Morgan fingerprint density at radius 1 is 1.22 bits per heavy atom. The molecule has 3 amide bonds. The van der Waals surface area contributed by atoms with E-state index in [-0.39, 0.29) is 18.1 Å². The summed E-state index contributed by atoms with van der Waals surface area (Å²) < 4.78 is 11.0. The van der Waals surface area contributed by atoms with Gasteiger partial charge in [-0.15, -0.1) is 10.2 Å². The first-order valence-corrected chi connectivity index (χ1v) is 10.9. The molecular weight excluding hydrogens is 414 g/mol. The fourth-order valence-corrected chi connectivity index (χ4v) is 3.86. The third kappa shape index (κ3) is 5.18. The first kappa shape index (κ1) is 22.1. The number of benzene rings is 1. The predicted octanol–water partition coefficient (Wildman–Crippen LogP) is 3.21. The Morgan fingerprint density at radius 2 is 2.00 bits per heavy atom. The number of piperidine rings is 1. The highest BCUT2D eigenvalue weighted by Gasteiger charge is 2.47. The largest absolute Gasteiger partial charge is 0.444 e. The number of carbonyl (C=O) groups is 2. The summed E-state index contributed by atoms with van der Waals surface area (Å²) in [6.45, 7) is 6.64. The van der Waals surface area contributed by atoms with E-state index in [1.807, 2.05) is 30.3 Å². The molecule has 1 aromatic heterocycles. The van der Waals surface area contributed by atoms with Crippen molar-refractivity contribution in [2.45, 2.75) is 64.3 Å². The van der Waals surface area contributed by atoms with Crippen molar-refractivity contribution >= 4 is 12.1 Å². The van der Waals surface area contributed by atoms with E-state index >= 15 is 0 Å². The van der Waals surface area contributed by atoms with Gasteiger partial charge in [-0.1, -0.05) is 30.3 Å². The summed E-state index contributed by atoms with van der Waals surface area (Å²) in [7, 11) is 0. The van der Waals surface area contributed by atoms with Crippen molar-refractivity contribution in [3.8, 4) is 0 Å². The van der Waals surface area contributed by atoms with Crippen LogP contribution in [0, 0.1) is 0 Å². The molecule has 10 heteroatoms. The summed E-state index contributed by atoms with van der Waals surface area (Å²) in [6.07, 6.45) is 1.40. The van der Waals surface area contributed by atoms with E-state index in [9.17, 15) is 9.59 Å². The topological polar surface area (TPSA) is 110 Å². The van der Waals surface area contributed by atoms with E-state index in [1.165, 1.54) is 5.06 Å². The van der Waals surface area contributed by atoms with Gasteiger partial charge in [0.25, 0.3) is 0 Å². The summed E-state index contributed by atoms with van der Waals surface area (Å²) in [6, 6.07) is 9.32. The van der Waals surface area contributed by atoms with Gasteiger partial charge in [0.05, 0.1) is 6.04 Å².